The van der Waals surface area contributed by atoms with E-state index in [0.29, 0.717) is 22.0 Å². The van der Waals surface area contributed by atoms with E-state index in [-0.39, 0.29) is 5.91 Å². The van der Waals surface area contributed by atoms with Crippen LogP contribution in [-0.2, 0) is 0 Å². The van der Waals surface area contributed by atoms with Crippen LogP contribution < -0.4 is 11.1 Å². The minimum atomic E-state index is -0.261. The first-order valence-electron chi connectivity index (χ1n) is 5.29. The van der Waals surface area contributed by atoms with Crippen LogP contribution in [0.15, 0.2) is 45.3 Å². The van der Waals surface area contributed by atoms with Gasteiger partial charge < -0.3 is 11.1 Å². The molecule has 2 aromatic rings. The number of nitrogen functional groups attached to an aromatic ring is 1. The molecule has 2 aromatic carbocycles. The average Bonchev–Trinajstić information content (AvgIpc) is 2.36. The monoisotopic (exact) mass is 402 g/mol. The number of nitrogens with one attached hydrogen (secondary N) is 1. The Morgan fingerprint density at radius 1 is 1.16 bits per heavy atom. The summed E-state index contributed by atoms with van der Waals surface area (Å²) in [5.74, 6) is -0.261. The summed E-state index contributed by atoms with van der Waals surface area (Å²) in [4.78, 5) is 12.1. The number of carbonyl (C=O) groups is 1. The molecule has 6 heteroatoms. The molecule has 0 heterocycles. The van der Waals surface area contributed by atoms with Crippen molar-refractivity contribution in [3.05, 3.63) is 55.9 Å². The summed E-state index contributed by atoms with van der Waals surface area (Å²) in [5.41, 5.74) is 7.28. The number of benzene rings is 2. The lowest BCUT2D eigenvalue weighted by Gasteiger charge is -2.08. The molecule has 0 aromatic heterocycles. The molecule has 0 unspecified atom stereocenters. The minimum absolute atomic E-state index is 0.261. The van der Waals surface area contributed by atoms with E-state index in [4.69, 9.17) is 17.3 Å². The van der Waals surface area contributed by atoms with Crippen molar-refractivity contribution >= 4 is 60.7 Å². The molecule has 0 atom stereocenters. The van der Waals surface area contributed by atoms with Gasteiger partial charge in [-0.05, 0) is 52.3 Å². The highest BCUT2D eigenvalue weighted by Crippen LogP contribution is 2.26. The van der Waals surface area contributed by atoms with Crippen molar-refractivity contribution in [3.63, 3.8) is 0 Å². The van der Waals surface area contributed by atoms with E-state index in [1.807, 2.05) is 0 Å². The van der Waals surface area contributed by atoms with E-state index in [1.165, 1.54) is 0 Å². The molecule has 0 radical (unpaired) electrons. The molecular weight excluding hydrogens is 395 g/mol. The van der Waals surface area contributed by atoms with Gasteiger partial charge in [0.2, 0.25) is 0 Å². The number of amides is 1. The Balaban J connectivity index is 2.23. The summed E-state index contributed by atoms with van der Waals surface area (Å²) in [5, 5.41) is 3.20. The van der Waals surface area contributed by atoms with Crippen LogP contribution in [0, 0.1) is 0 Å². The Hall–Kier alpha value is -1.04. The number of nitrogens with two attached hydrogens (primary N) is 1. The zero-order valence-corrected chi connectivity index (χ0v) is 13.5. The highest BCUT2D eigenvalue weighted by Gasteiger charge is 2.10. The molecule has 0 bridgehead atoms. The van der Waals surface area contributed by atoms with Crippen LogP contribution in [0.5, 0.6) is 0 Å². The molecule has 0 aliphatic heterocycles. The molecule has 1 amide bonds. The van der Waals surface area contributed by atoms with Gasteiger partial charge in [0.1, 0.15) is 0 Å². The van der Waals surface area contributed by atoms with Gasteiger partial charge in [-0.3, -0.25) is 4.79 Å². The SMILES string of the molecule is Nc1cc(C(=O)Nc2ccc(Br)cc2Cl)ccc1Br. The Morgan fingerprint density at radius 2 is 1.89 bits per heavy atom. The van der Waals surface area contributed by atoms with Crippen molar-refractivity contribution < 1.29 is 4.79 Å². The van der Waals surface area contributed by atoms with Gasteiger partial charge in [0.05, 0.1) is 10.7 Å². The molecule has 0 saturated heterocycles. The van der Waals surface area contributed by atoms with Crippen LogP contribution in [-0.4, -0.2) is 5.91 Å². The fourth-order valence-electron chi connectivity index (χ4n) is 1.47. The molecule has 0 aliphatic carbocycles. The molecule has 0 spiro atoms. The zero-order valence-electron chi connectivity index (χ0n) is 9.58. The number of rotatable bonds is 2. The van der Waals surface area contributed by atoms with Gasteiger partial charge in [-0.1, -0.05) is 27.5 Å². The smallest absolute Gasteiger partial charge is 0.255 e. The number of hydrogen-bond donors (Lipinski definition) is 2. The van der Waals surface area contributed by atoms with E-state index in [0.717, 1.165) is 8.95 Å². The van der Waals surface area contributed by atoms with Crippen LogP contribution in [0.3, 0.4) is 0 Å². The second-order valence-electron chi connectivity index (χ2n) is 3.81. The van der Waals surface area contributed by atoms with Gasteiger partial charge in [0.15, 0.2) is 0 Å². The second kappa shape index (κ2) is 5.94. The molecule has 0 saturated carbocycles. The van der Waals surface area contributed by atoms with Gasteiger partial charge in [-0.2, -0.15) is 0 Å². The largest absolute Gasteiger partial charge is 0.398 e. The van der Waals surface area contributed by atoms with E-state index < -0.39 is 0 Å². The topological polar surface area (TPSA) is 55.1 Å². The number of hydrogen-bond acceptors (Lipinski definition) is 2. The molecule has 0 aliphatic rings. The summed E-state index contributed by atoms with van der Waals surface area (Å²) in [6.07, 6.45) is 0. The number of anilines is 2. The van der Waals surface area contributed by atoms with Crippen molar-refractivity contribution in [1.29, 1.82) is 0 Å². The minimum Gasteiger partial charge on any atom is -0.398 e. The van der Waals surface area contributed by atoms with E-state index in [9.17, 15) is 4.79 Å². The van der Waals surface area contributed by atoms with Crippen molar-refractivity contribution in [2.24, 2.45) is 0 Å². The van der Waals surface area contributed by atoms with Gasteiger partial charge in [-0.25, -0.2) is 0 Å². The van der Waals surface area contributed by atoms with Crippen molar-refractivity contribution in [3.8, 4) is 0 Å². The predicted octanol–water partition coefficient (Wildman–Crippen LogP) is 4.70. The predicted molar refractivity (Wildman–Crippen MR) is 85.7 cm³/mol. The van der Waals surface area contributed by atoms with Crippen molar-refractivity contribution in [2.45, 2.75) is 0 Å². The Kier molecular flexibility index (Phi) is 4.50. The highest BCUT2D eigenvalue weighted by atomic mass is 79.9. The Labute approximate surface area is 132 Å². The summed E-state index contributed by atoms with van der Waals surface area (Å²) >= 11 is 12.6. The summed E-state index contributed by atoms with van der Waals surface area (Å²) in [7, 11) is 0. The molecule has 98 valence electrons. The first-order valence-corrected chi connectivity index (χ1v) is 7.25. The van der Waals surface area contributed by atoms with Crippen LogP contribution in [0.2, 0.25) is 5.02 Å². The second-order valence-corrected chi connectivity index (χ2v) is 5.99. The molecular formula is C13H9Br2ClN2O. The normalized spacial score (nSPS) is 10.3. The third-order valence-electron chi connectivity index (χ3n) is 2.44. The zero-order chi connectivity index (χ0) is 14.0. The molecule has 3 nitrogen and oxygen atoms in total. The molecule has 0 fully saturated rings. The Bertz CT molecular complexity index is 647. The summed E-state index contributed by atoms with van der Waals surface area (Å²) < 4.78 is 1.61. The summed E-state index contributed by atoms with van der Waals surface area (Å²) in [6, 6.07) is 10.3. The highest BCUT2D eigenvalue weighted by molar-refractivity contribution is 9.10. The first-order chi connectivity index (χ1) is 8.97. The third-order valence-corrected chi connectivity index (χ3v) is 3.97. The third kappa shape index (κ3) is 3.49. The van der Waals surface area contributed by atoms with Gasteiger partial charge in [-0.15, -0.1) is 0 Å². The van der Waals surface area contributed by atoms with Crippen LogP contribution in [0.1, 0.15) is 10.4 Å². The molecule has 2 rings (SSSR count). The summed E-state index contributed by atoms with van der Waals surface area (Å²) in [6.45, 7) is 0. The van der Waals surface area contributed by atoms with Gasteiger partial charge in [0.25, 0.3) is 5.91 Å². The molecule has 19 heavy (non-hydrogen) atoms. The lowest BCUT2D eigenvalue weighted by atomic mass is 10.2. The van der Waals surface area contributed by atoms with E-state index in [2.05, 4.69) is 37.2 Å². The first kappa shape index (κ1) is 14.4. The maximum atomic E-state index is 12.1. The lowest BCUT2D eigenvalue weighted by molar-refractivity contribution is 0.102. The number of carbonyl (C=O) groups excluding carboxylic acids is 1. The quantitative estimate of drug-likeness (QED) is 0.713. The van der Waals surface area contributed by atoms with Crippen molar-refractivity contribution in [2.75, 3.05) is 11.1 Å². The molecule has 3 N–H and O–H groups in total. The fraction of sp³-hybridized carbons (Fsp3) is 0. The van der Waals surface area contributed by atoms with E-state index in [1.54, 1.807) is 36.4 Å². The average molecular weight is 404 g/mol. The van der Waals surface area contributed by atoms with Gasteiger partial charge >= 0.3 is 0 Å². The van der Waals surface area contributed by atoms with Gasteiger partial charge in [0, 0.05) is 20.2 Å². The van der Waals surface area contributed by atoms with E-state index >= 15 is 0 Å². The van der Waals surface area contributed by atoms with Crippen molar-refractivity contribution in [1.82, 2.24) is 0 Å². The maximum absolute atomic E-state index is 12.1. The Morgan fingerprint density at radius 3 is 2.53 bits per heavy atom. The fourth-order valence-corrected chi connectivity index (χ4v) is 2.44. The van der Waals surface area contributed by atoms with Crippen LogP contribution >= 0.6 is 43.5 Å². The maximum Gasteiger partial charge on any atom is 0.255 e. The standard InChI is InChI=1S/C13H9Br2ClN2O/c14-8-2-4-12(10(16)6-8)18-13(19)7-1-3-9(15)11(17)5-7/h1-6H,17H2,(H,18,19). The number of halogens is 3. The van der Waals surface area contributed by atoms with Crippen LogP contribution in [0.4, 0.5) is 11.4 Å². The lowest BCUT2D eigenvalue weighted by Crippen LogP contribution is -2.12. The van der Waals surface area contributed by atoms with Crippen LogP contribution in [0.25, 0.3) is 0 Å².